The maximum atomic E-state index is 6.31. The molecular weight excluding hydrogens is 274 g/mol. The number of nitrogens with zero attached hydrogens (tertiary/aromatic N) is 2. The molecule has 2 aliphatic rings. The second-order valence-electron chi connectivity index (χ2n) is 6.81. The Labute approximate surface area is 131 Å². The van der Waals surface area contributed by atoms with Crippen LogP contribution in [0.4, 0.5) is 0 Å². The molecule has 4 rings (SSSR count). The van der Waals surface area contributed by atoms with Gasteiger partial charge in [0, 0.05) is 17.0 Å². The zero-order valence-electron chi connectivity index (χ0n) is 13.3. The predicted molar refractivity (Wildman–Crippen MR) is 88.3 cm³/mol. The van der Waals surface area contributed by atoms with E-state index in [-0.39, 0.29) is 0 Å². The van der Waals surface area contributed by atoms with Crippen LogP contribution in [0.15, 0.2) is 18.3 Å². The number of ether oxygens (including phenoxy) is 1. The smallest absolute Gasteiger partial charge is 0.123 e. The van der Waals surface area contributed by atoms with Crippen LogP contribution in [0, 0.1) is 6.92 Å². The summed E-state index contributed by atoms with van der Waals surface area (Å²) in [4.78, 5) is 2.69. The molecule has 2 fully saturated rings. The van der Waals surface area contributed by atoms with Crippen LogP contribution in [0.25, 0.3) is 10.9 Å². The quantitative estimate of drug-likeness (QED) is 0.940. The molecule has 2 heterocycles. The predicted octanol–water partition coefficient (Wildman–Crippen LogP) is 3.66. The standard InChI is InChI=1S/C18H25N3O/c1-13-16-12-19-20-17(16)8-9-18(13)22-15-6-4-14(5-7-15)21-10-2-3-11-21/h8-9,12,14-15H,2-7,10-11H2,1H3,(H,19,20). The topological polar surface area (TPSA) is 41.1 Å². The van der Waals surface area contributed by atoms with Gasteiger partial charge in [-0.2, -0.15) is 5.10 Å². The molecule has 0 atom stereocenters. The highest BCUT2D eigenvalue weighted by Gasteiger charge is 2.28. The minimum Gasteiger partial charge on any atom is -0.490 e. The van der Waals surface area contributed by atoms with Gasteiger partial charge in [-0.3, -0.25) is 5.10 Å². The number of aryl methyl sites for hydroxylation is 1. The van der Waals surface area contributed by atoms with Crippen molar-refractivity contribution in [1.82, 2.24) is 15.1 Å². The van der Waals surface area contributed by atoms with Gasteiger partial charge in [-0.1, -0.05) is 0 Å². The number of H-pyrrole nitrogens is 1. The van der Waals surface area contributed by atoms with Crippen LogP contribution in [0.5, 0.6) is 5.75 Å². The molecule has 1 aliphatic heterocycles. The van der Waals surface area contributed by atoms with Crippen LogP contribution in [0.3, 0.4) is 0 Å². The van der Waals surface area contributed by atoms with Crippen molar-refractivity contribution in [3.63, 3.8) is 0 Å². The van der Waals surface area contributed by atoms with Crippen molar-refractivity contribution in [3.05, 3.63) is 23.9 Å². The Balaban J connectivity index is 1.40. The van der Waals surface area contributed by atoms with Crippen molar-refractivity contribution in [2.24, 2.45) is 0 Å². The van der Waals surface area contributed by atoms with Gasteiger partial charge in [-0.25, -0.2) is 0 Å². The van der Waals surface area contributed by atoms with Crippen molar-refractivity contribution in [2.45, 2.75) is 57.6 Å². The molecule has 0 spiro atoms. The monoisotopic (exact) mass is 299 g/mol. The lowest BCUT2D eigenvalue weighted by molar-refractivity contribution is 0.0997. The lowest BCUT2D eigenvalue weighted by Gasteiger charge is -2.34. The third-order valence-corrected chi connectivity index (χ3v) is 5.44. The second kappa shape index (κ2) is 5.92. The molecular formula is C18H25N3O. The molecule has 0 bridgehead atoms. The Morgan fingerprint density at radius 1 is 1.14 bits per heavy atom. The number of aromatic amines is 1. The van der Waals surface area contributed by atoms with Crippen LogP contribution in [0.1, 0.15) is 44.1 Å². The number of hydrogen-bond donors (Lipinski definition) is 1. The molecule has 1 aromatic heterocycles. The average Bonchev–Trinajstić information content (AvgIpc) is 3.22. The number of hydrogen-bond acceptors (Lipinski definition) is 3. The summed E-state index contributed by atoms with van der Waals surface area (Å²) in [5.74, 6) is 1.03. The fraction of sp³-hybridized carbons (Fsp3) is 0.611. The summed E-state index contributed by atoms with van der Waals surface area (Å²) in [5, 5.41) is 8.30. The van der Waals surface area contributed by atoms with E-state index in [0.717, 1.165) is 17.3 Å². The van der Waals surface area contributed by atoms with E-state index in [0.29, 0.717) is 6.10 Å². The molecule has 0 unspecified atom stereocenters. The highest BCUT2D eigenvalue weighted by Crippen LogP contribution is 2.31. The van der Waals surface area contributed by atoms with E-state index in [1.165, 1.54) is 62.6 Å². The fourth-order valence-electron chi connectivity index (χ4n) is 4.08. The van der Waals surface area contributed by atoms with Gasteiger partial charge in [0.2, 0.25) is 0 Å². The molecule has 4 heteroatoms. The summed E-state index contributed by atoms with van der Waals surface area (Å²) in [6.07, 6.45) is 9.99. The van der Waals surface area contributed by atoms with Crippen molar-refractivity contribution in [2.75, 3.05) is 13.1 Å². The number of nitrogens with one attached hydrogen (secondary N) is 1. The molecule has 4 nitrogen and oxygen atoms in total. The van der Waals surface area contributed by atoms with Gasteiger partial charge in [0.1, 0.15) is 5.75 Å². The molecule has 1 aliphatic carbocycles. The van der Waals surface area contributed by atoms with Crippen molar-refractivity contribution in [1.29, 1.82) is 0 Å². The first kappa shape index (κ1) is 14.1. The van der Waals surface area contributed by atoms with Gasteiger partial charge in [0.15, 0.2) is 0 Å². The largest absolute Gasteiger partial charge is 0.490 e. The summed E-state index contributed by atoms with van der Waals surface area (Å²) in [6, 6.07) is 4.96. The summed E-state index contributed by atoms with van der Waals surface area (Å²) in [6.45, 7) is 4.75. The minimum absolute atomic E-state index is 0.377. The van der Waals surface area contributed by atoms with Crippen molar-refractivity contribution in [3.8, 4) is 5.75 Å². The van der Waals surface area contributed by atoms with Crippen LogP contribution in [0.2, 0.25) is 0 Å². The van der Waals surface area contributed by atoms with Crippen molar-refractivity contribution < 1.29 is 4.74 Å². The zero-order chi connectivity index (χ0) is 14.9. The molecule has 0 amide bonds. The highest BCUT2D eigenvalue weighted by atomic mass is 16.5. The summed E-state index contributed by atoms with van der Waals surface area (Å²) in [7, 11) is 0. The summed E-state index contributed by atoms with van der Waals surface area (Å²) in [5.41, 5.74) is 2.29. The van der Waals surface area contributed by atoms with Gasteiger partial charge in [-0.15, -0.1) is 0 Å². The molecule has 1 aromatic carbocycles. The number of aromatic nitrogens is 2. The van der Waals surface area contributed by atoms with Crippen LogP contribution < -0.4 is 4.74 Å². The van der Waals surface area contributed by atoms with E-state index < -0.39 is 0 Å². The number of rotatable bonds is 3. The van der Waals surface area contributed by atoms with Crippen LogP contribution >= 0.6 is 0 Å². The van der Waals surface area contributed by atoms with Gasteiger partial charge in [-0.05, 0) is 70.7 Å². The van der Waals surface area contributed by atoms with E-state index in [4.69, 9.17) is 4.74 Å². The third-order valence-electron chi connectivity index (χ3n) is 5.44. The molecule has 0 radical (unpaired) electrons. The number of fused-ring (bicyclic) bond motifs is 1. The van der Waals surface area contributed by atoms with E-state index in [1.54, 1.807) is 0 Å². The SMILES string of the molecule is Cc1c(OC2CCC(N3CCCC3)CC2)ccc2[nH]ncc12. The second-order valence-corrected chi connectivity index (χ2v) is 6.81. The van der Waals surface area contributed by atoms with E-state index in [2.05, 4.69) is 34.2 Å². The van der Waals surface area contributed by atoms with E-state index in [9.17, 15) is 0 Å². The first-order valence-corrected chi connectivity index (χ1v) is 8.64. The first-order chi connectivity index (χ1) is 10.8. The number of benzene rings is 1. The average molecular weight is 299 g/mol. The summed E-state index contributed by atoms with van der Waals surface area (Å²) < 4.78 is 6.31. The molecule has 1 N–H and O–H groups in total. The maximum absolute atomic E-state index is 6.31. The van der Waals surface area contributed by atoms with Gasteiger partial charge < -0.3 is 9.64 Å². The molecule has 118 valence electrons. The van der Waals surface area contributed by atoms with E-state index in [1.807, 2.05) is 6.20 Å². The molecule has 2 aromatic rings. The molecule has 22 heavy (non-hydrogen) atoms. The Bertz CT molecular complexity index is 637. The van der Waals surface area contributed by atoms with E-state index >= 15 is 0 Å². The Morgan fingerprint density at radius 2 is 1.91 bits per heavy atom. The molecule has 1 saturated heterocycles. The Hall–Kier alpha value is -1.55. The normalized spacial score (nSPS) is 26.6. The first-order valence-electron chi connectivity index (χ1n) is 8.64. The Kier molecular flexibility index (Phi) is 3.78. The molecule has 1 saturated carbocycles. The lowest BCUT2D eigenvalue weighted by atomic mass is 9.92. The van der Waals surface area contributed by atoms with Crippen molar-refractivity contribution >= 4 is 10.9 Å². The van der Waals surface area contributed by atoms with Gasteiger partial charge in [0.05, 0.1) is 17.8 Å². The zero-order valence-corrected chi connectivity index (χ0v) is 13.3. The van der Waals surface area contributed by atoms with Gasteiger partial charge in [0.25, 0.3) is 0 Å². The number of likely N-dealkylation sites (tertiary alicyclic amines) is 1. The van der Waals surface area contributed by atoms with Gasteiger partial charge >= 0.3 is 0 Å². The Morgan fingerprint density at radius 3 is 2.68 bits per heavy atom. The van der Waals surface area contributed by atoms with Crippen LogP contribution in [-0.2, 0) is 0 Å². The minimum atomic E-state index is 0.377. The fourth-order valence-corrected chi connectivity index (χ4v) is 4.08. The summed E-state index contributed by atoms with van der Waals surface area (Å²) >= 11 is 0. The third kappa shape index (κ3) is 2.60. The van der Waals surface area contributed by atoms with Crippen LogP contribution in [-0.4, -0.2) is 40.3 Å². The highest BCUT2D eigenvalue weighted by molar-refractivity contribution is 5.83. The maximum Gasteiger partial charge on any atom is 0.123 e. The lowest BCUT2D eigenvalue weighted by Crippen LogP contribution is -2.38.